The molecular formula is C23H22N2O3PS2+. The van der Waals surface area contributed by atoms with Crippen molar-refractivity contribution >= 4 is 63.4 Å². The second-order valence-corrected chi connectivity index (χ2v) is 11.3. The Morgan fingerprint density at radius 3 is 2.65 bits per heavy atom. The van der Waals surface area contributed by atoms with Gasteiger partial charge in [-0.25, -0.2) is 0 Å². The third-order valence-corrected chi connectivity index (χ3v) is 8.42. The number of aryl methyl sites for hydroxylation is 1. The summed E-state index contributed by atoms with van der Waals surface area (Å²) in [4.78, 5) is 22.0. The van der Waals surface area contributed by atoms with Gasteiger partial charge in [0, 0.05) is 11.4 Å². The quantitative estimate of drug-likeness (QED) is 0.301. The van der Waals surface area contributed by atoms with Crippen LogP contribution in [-0.4, -0.2) is 22.5 Å². The fraction of sp³-hybridized carbons (Fsp3) is 0.174. The minimum atomic E-state index is -4.09. The van der Waals surface area contributed by atoms with Crippen LogP contribution < -0.4 is 9.47 Å². The zero-order valence-electron chi connectivity index (χ0n) is 16.9. The molecule has 0 saturated carbocycles. The summed E-state index contributed by atoms with van der Waals surface area (Å²) < 4.78 is 15.1. The van der Waals surface area contributed by atoms with E-state index in [0.717, 1.165) is 27.2 Å². The molecule has 0 bridgehead atoms. The number of thiazole rings is 1. The Morgan fingerprint density at radius 1 is 1.06 bits per heavy atom. The molecule has 0 radical (unpaired) electrons. The van der Waals surface area contributed by atoms with Gasteiger partial charge in [0.05, 0.1) is 28.3 Å². The van der Waals surface area contributed by atoms with Gasteiger partial charge in [-0.1, -0.05) is 59.5 Å². The van der Waals surface area contributed by atoms with Crippen molar-refractivity contribution < 1.29 is 18.9 Å². The Morgan fingerprint density at radius 2 is 1.84 bits per heavy atom. The van der Waals surface area contributed by atoms with E-state index in [4.69, 9.17) is 0 Å². The number of aromatic nitrogens is 1. The van der Waals surface area contributed by atoms with Crippen LogP contribution >= 0.6 is 30.7 Å². The van der Waals surface area contributed by atoms with Crippen molar-refractivity contribution in [2.75, 3.05) is 17.6 Å². The molecule has 0 saturated heterocycles. The number of fused-ring (bicyclic) bond motifs is 4. The molecule has 3 aromatic carbocycles. The Bertz CT molecular complexity index is 1380. The van der Waals surface area contributed by atoms with Crippen molar-refractivity contribution in [1.29, 1.82) is 0 Å². The largest absolute Gasteiger partial charge is 0.334 e. The molecule has 0 aliphatic carbocycles. The van der Waals surface area contributed by atoms with Crippen molar-refractivity contribution in [2.45, 2.75) is 18.4 Å². The molecule has 0 fully saturated rings. The van der Waals surface area contributed by atoms with E-state index in [-0.39, 0.29) is 12.7 Å². The van der Waals surface area contributed by atoms with Crippen LogP contribution in [0, 0.1) is 0 Å². The number of benzene rings is 3. The summed E-state index contributed by atoms with van der Waals surface area (Å²) in [5.41, 5.74) is 2.24. The van der Waals surface area contributed by atoms with E-state index >= 15 is 0 Å². The average molecular weight is 470 g/mol. The summed E-state index contributed by atoms with van der Waals surface area (Å²) in [6.07, 6.45) is 1.98. The zero-order valence-corrected chi connectivity index (χ0v) is 19.5. The van der Waals surface area contributed by atoms with E-state index in [1.165, 1.54) is 21.0 Å². The molecule has 1 aliphatic rings. The average Bonchev–Trinajstić information content (AvgIpc) is 3.29. The van der Waals surface area contributed by atoms with Gasteiger partial charge < -0.3 is 14.7 Å². The fourth-order valence-corrected chi connectivity index (χ4v) is 6.86. The van der Waals surface area contributed by atoms with Gasteiger partial charge in [-0.05, 0) is 36.6 Å². The fourth-order valence-electron chi connectivity index (χ4n) is 4.02. The third kappa shape index (κ3) is 3.93. The van der Waals surface area contributed by atoms with Crippen LogP contribution in [0.3, 0.4) is 0 Å². The molecule has 4 aromatic rings. The van der Waals surface area contributed by atoms with Crippen molar-refractivity contribution in [2.24, 2.45) is 0 Å². The first-order chi connectivity index (χ1) is 14.9. The van der Waals surface area contributed by atoms with Gasteiger partial charge in [0.15, 0.2) is 0 Å². The lowest BCUT2D eigenvalue weighted by atomic mass is 10.1. The first kappa shape index (κ1) is 20.7. The topological polar surface area (TPSA) is 64.7 Å². The van der Waals surface area contributed by atoms with Crippen LogP contribution in [0.25, 0.3) is 27.1 Å². The first-order valence-corrected chi connectivity index (χ1v) is 13.5. The molecule has 5 rings (SSSR count). The lowest BCUT2D eigenvalue weighted by Crippen LogP contribution is -2.34. The van der Waals surface area contributed by atoms with E-state index in [2.05, 4.69) is 60.0 Å². The number of hydrogen-bond donors (Lipinski definition) is 2. The van der Waals surface area contributed by atoms with E-state index < -0.39 is 7.60 Å². The second-order valence-electron chi connectivity index (χ2n) is 7.41. The molecule has 2 N–H and O–H groups in total. The van der Waals surface area contributed by atoms with Gasteiger partial charge in [-0.3, -0.25) is 4.57 Å². The molecule has 5 nitrogen and oxygen atoms in total. The smallest absolute Gasteiger partial charge is 0.327 e. The third-order valence-electron chi connectivity index (χ3n) is 5.43. The van der Waals surface area contributed by atoms with Gasteiger partial charge in [0.2, 0.25) is 5.52 Å². The summed E-state index contributed by atoms with van der Waals surface area (Å²) in [6, 6.07) is 20.8. The minimum Gasteiger partial charge on any atom is -0.334 e. The highest BCUT2D eigenvalue weighted by molar-refractivity contribution is 8.03. The van der Waals surface area contributed by atoms with E-state index in [0.29, 0.717) is 0 Å². The Balaban J connectivity index is 1.63. The summed E-state index contributed by atoms with van der Waals surface area (Å²) in [5.74, 6) is 0. The summed E-state index contributed by atoms with van der Waals surface area (Å²) in [5, 5.41) is 4.58. The van der Waals surface area contributed by atoms with E-state index in [9.17, 15) is 14.4 Å². The van der Waals surface area contributed by atoms with Crippen LogP contribution in [0.15, 0.2) is 70.6 Å². The van der Waals surface area contributed by atoms with Gasteiger partial charge in [0.1, 0.15) is 11.2 Å². The number of nitrogens with zero attached hydrogens (tertiary/aromatic N) is 2. The van der Waals surface area contributed by atoms with Crippen LogP contribution in [-0.2, 0) is 11.1 Å². The SMILES string of the molecule is CC[n+]1c(/C=C2\Sc3ccccc3N2CCP(=O)(O)O)sc2ccc3ccccc3c21. The predicted octanol–water partition coefficient (Wildman–Crippen LogP) is 5.45. The molecule has 31 heavy (non-hydrogen) atoms. The van der Waals surface area contributed by atoms with Gasteiger partial charge in [-0.15, -0.1) is 0 Å². The van der Waals surface area contributed by atoms with Gasteiger partial charge in [-0.2, -0.15) is 4.57 Å². The van der Waals surface area contributed by atoms with Crippen molar-refractivity contribution in [1.82, 2.24) is 0 Å². The minimum absolute atomic E-state index is 0.177. The maximum Gasteiger partial charge on any atom is 0.327 e. The lowest BCUT2D eigenvalue weighted by Gasteiger charge is -2.20. The zero-order chi connectivity index (χ0) is 21.6. The molecule has 1 aromatic heterocycles. The maximum atomic E-state index is 11.5. The summed E-state index contributed by atoms with van der Waals surface area (Å²) in [7, 11) is -4.09. The standard InChI is InChI=1S/C23H21N2O3PS2/c1-2-24-21(31-20-12-11-16-7-3-4-8-17(16)23(20)24)15-22-25(13-14-29(26,27)28)18-9-5-6-10-19(18)30-22/h3-12,15H,2,13-14H2,1H3,(H-,26,27,28)/p+1. The number of rotatable bonds is 5. The molecule has 1 aliphatic heterocycles. The highest BCUT2D eigenvalue weighted by Gasteiger charge is 2.29. The van der Waals surface area contributed by atoms with Crippen LogP contribution in [0.1, 0.15) is 11.9 Å². The van der Waals surface area contributed by atoms with Crippen molar-refractivity contribution in [3.8, 4) is 0 Å². The molecule has 0 atom stereocenters. The molecule has 8 heteroatoms. The molecule has 0 spiro atoms. The van der Waals surface area contributed by atoms with Crippen molar-refractivity contribution in [3.63, 3.8) is 0 Å². The van der Waals surface area contributed by atoms with Crippen LogP contribution in [0.2, 0.25) is 0 Å². The van der Waals surface area contributed by atoms with Gasteiger partial charge in [0.25, 0.3) is 5.01 Å². The second kappa shape index (κ2) is 8.08. The van der Waals surface area contributed by atoms with Crippen LogP contribution in [0.5, 0.6) is 0 Å². The Kier molecular flexibility index (Phi) is 5.40. The molecule has 0 unspecified atom stereocenters. The molecule has 2 heterocycles. The first-order valence-electron chi connectivity index (χ1n) is 10.1. The highest BCUT2D eigenvalue weighted by Crippen LogP contribution is 2.48. The normalized spacial score (nSPS) is 15.3. The number of para-hydroxylation sites is 1. The van der Waals surface area contributed by atoms with E-state index in [1.807, 2.05) is 23.1 Å². The molecule has 158 valence electrons. The lowest BCUT2D eigenvalue weighted by molar-refractivity contribution is -0.664. The Labute approximate surface area is 188 Å². The highest BCUT2D eigenvalue weighted by atomic mass is 32.2. The predicted molar refractivity (Wildman–Crippen MR) is 130 cm³/mol. The Hall–Kier alpha value is -2.15. The summed E-state index contributed by atoms with van der Waals surface area (Å²) in [6.45, 7) is 3.27. The van der Waals surface area contributed by atoms with Gasteiger partial charge >= 0.3 is 7.60 Å². The molecular weight excluding hydrogens is 447 g/mol. The number of anilines is 1. The molecule has 0 amide bonds. The monoisotopic (exact) mass is 469 g/mol. The van der Waals surface area contributed by atoms with Crippen LogP contribution in [0.4, 0.5) is 5.69 Å². The summed E-state index contributed by atoms with van der Waals surface area (Å²) >= 11 is 3.40. The number of thioether (sulfide) groups is 1. The number of hydrogen-bond acceptors (Lipinski definition) is 4. The van der Waals surface area contributed by atoms with Crippen molar-refractivity contribution in [3.05, 3.63) is 70.7 Å². The van der Waals surface area contributed by atoms with E-state index in [1.54, 1.807) is 23.1 Å². The maximum absolute atomic E-state index is 11.5.